The Morgan fingerprint density at radius 1 is 0.964 bits per heavy atom. The molecule has 1 aliphatic carbocycles. The quantitative estimate of drug-likeness (QED) is 0.768. The molecule has 28 heavy (non-hydrogen) atoms. The molecule has 2 heterocycles. The molecule has 1 aromatic carbocycles. The van der Waals surface area contributed by atoms with Gasteiger partial charge in [-0.1, -0.05) is 18.2 Å². The summed E-state index contributed by atoms with van der Waals surface area (Å²) < 4.78 is 5.33. The molecule has 7 nitrogen and oxygen atoms in total. The standard InChI is InChI=1S/C21H30N4O3/c26-20(22-6-7-23-12-14-28-15-13-23)18-16-19(18)21(27)25-10-8-24(9-11-25)17-4-2-1-3-5-17/h1-5,18-19H,6-16H2,(H,22,26). The van der Waals surface area contributed by atoms with Crippen molar-refractivity contribution in [2.24, 2.45) is 11.8 Å². The summed E-state index contributed by atoms with van der Waals surface area (Å²) in [5.41, 5.74) is 1.21. The van der Waals surface area contributed by atoms with Crippen molar-refractivity contribution in [3.05, 3.63) is 30.3 Å². The summed E-state index contributed by atoms with van der Waals surface area (Å²) in [6.07, 6.45) is 0.696. The number of nitrogens with one attached hydrogen (secondary N) is 1. The van der Waals surface area contributed by atoms with Gasteiger partial charge in [0.2, 0.25) is 11.8 Å². The smallest absolute Gasteiger partial charge is 0.226 e. The molecule has 0 aromatic heterocycles. The van der Waals surface area contributed by atoms with Crippen molar-refractivity contribution in [2.75, 3.05) is 70.5 Å². The molecule has 4 rings (SSSR count). The van der Waals surface area contributed by atoms with Crippen LogP contribution in [0.3, 0.4) is 0 Å². The number of carbonyl (C=O) groups excluding carboxylic acids is 2. The van der Waals surface area contributed by atoms with Gasteiger partial charge < -0.3 is 19.9 Å². The average Bonchev–Trinajstić information content (AvgIpc) is 3.56. The Morgan fingerprint density at radius 2 is 1.68 bits per heavy atom. The predicted molar refractivity (Wildman–Crippen MR) is 107 cm³/mol. The Hall–Kier alpha value is -2.12. The molecule has 152 valence electrons. The molecule has 0 bridgehead atoms. The first-order valence-electron chi connectivity index (χ1n) is 10.4. The van der Waals surface area contributed by atoms with E-state index in [0.717, 1.165) is 59.0 Å². The topological polar surface area (TPSA) is 65.1 Å². The van der Waals surface area contributed by atoms with Crippen molar-refractivity contribution in [2.45, 2.75) is 6.42 Å². The third-order valence-corrected chi connectivity index (χ3v) is 5.99. The van der Waals surface area contributed by atoms with Gasteiger partial charge in [-0.2, -0.15) is 0 Å². The van der Waals surface area contributed by atoms with Gasteiger partial charge in [0.15, 0.2) is 0 Å². The highest BCUT2D eigenvalue weighted by Crippen LogP contribution is 2.40. The van der Waals surface area contributed by atoms with E-state index in [1.807, 2.05) is 23.1 Å². The van der Waals surface area contributed by atoms with Crippen molar-refractivity contribution in [1.82, 2.24) is 15.1 Å². The lowest BCUT2D eigenvalue weighted by molar-refractivity contribution is -0.135. The molecule has 2 unspecified atom stereocenters. The third-order valence-electron chi connectivity index (χ3n) is 5.99. The maximum absolute atomic E-state index is 12.7. The van der Waals surface area contributed by atoms with E-state index in [-0.39, 0.29) is 23.7 Å². The SMILES string of the molecule is O=C(NCCN1CCOCC1)C1CC1C(=O)N1CCN(c2ccccc2)CC1. The first kappa shape index (κ1) is 19.2. The third kappa shape index (κ3) is 4.64. The summed E-state index contributed by atoms with van der Waals surface area (Å²) in [4.78, 5) is 31.6. The number of carbonyl (C=O) groups is 2. The Balaban J connectivity index is 1.17. The number of amides is 2. The Kier molecular flexibility index (Phi) is 6.12. The van der Waals surface area contributed by atoms with E-state index < -0.39 is 0 Å². The molecule has 1 N–H and O–H groups in total. The Bertz CT molecular complexity index is 669. The summed E-state index contributed by atoms with van der Waals surface area (Å²) in [6, 6.07) is 10.3. The fourth-order valence-corrected chi connectivity index (χ4v) is 4.11. The zero-order valence-electron chi connectivity index (χ0n) is 16.4. The molecule has 2 saturated heterocycles. The monoisotopic (exact) mass is 386 g/mol. The van der Waals surface area contributed by atoms with Crippen molar-refractivity contribution in [3.8, 4) is 0 Å². The average molecular weight is 386 g/mol. The lowest BCUT2D eigenvalue weighted by Crippen LogP contribution is -2.49. The molecule has 1 aromatic rings. The number of para-hydroxylation sites is 1. The van der Waals surface area contributed by atoms with E-state index in [1.54, 1.807) is 0 Å². The van der Waals surface area contributed by atoms with Crippen LogP contribution < -0.4 is 10.2 Å². The maximum Gasteiger partial charge on any atom is 0.226 e. The van der Waals surface area contributed by atoms with Crippen molar-refractivity contribution >= 4 is 17.5 Å². The van der Waals surface area contributed by atoms with Crippen LogP contribution in [0.5, 0.6) is 0 Å². The Labute approximate surface area is 166 Å². The highest BCUT2D eigenvalue weighted by Gasteiger charge is 2.49. The van der Waals surface area contributed by atoms with Crippen LogP contribution in [0.1, 0.15) is 6.42 Å². The van der Waals surface area contributed by atoms with Crippen LogP contribution >= 0.6 is 0 Å². The lowest BCUT2D eigenvalue weighted by atomic mass is 10.2. The second kappa shape index (κ2) is 8.92. The second-order valence-electron chi connectivity index (χ2n) is 7.84. The summed E-state index contributed by atoms with van der Waals surface area (Å²) >= 11 is 0. The van der Waals surface area contributed by atoms with Crippen LogP contribution in [0, 0.1) is 11.8 Å². The first-order valence-corrected chi connectivity index (χ1v) is 10.4. The fraction of sp³-hybridized carbons (Fsp3) is 0.619. The molecule has 0 spiro atoms. The minimum atomic E-state index is -0.135. The molecule has 2 atom stereocenters. The van der Waals surface area contributed by atoms with Crippen molar-refractivity contribution < 1.29 is 14.3 Å². The van der Waals surface area contributed by atoms with Gasteiger partial charge in [-0.05, 0) is 18.6 Å². The van der Waals surface area contributed by atoms with Gasteiger partial charge in [0.05, 0.1) is 25.0 Å². The largest absolute Gasteiger partial charge is 0.379 e. The summed E-state index contributed by atoms with van der Waals surface area (Å²) in [6.45, 7) is 8.04. The van der Waals surface area contributed by atoms with E-state index in [9.17, 15) is 9.59 Å². The number of anilines is 1. The van der Waals surface area contributed by atoms with Gasteiger partial charge in [-0.25, -0.2) is 0 Å². The van der Waals surface area contributed by atoms with Gasteiger partial charge in [0, 0.05) is 58.0 Å². The molecule has 7 heteroatoms. The molecule has 3 aliphatic rings. The number of rotatable bonds is 6. The molecule has 0 radical (unpaired) electrons. The van der Waals surface area contributed by atoms with Gasteiger partial charge in [-0.15, -0.1) is 0 Å². The van der Waals surface area contributed by atoms with Crippen LogP contribution in [-0.4, -0.2) is 87.2 Å². The highest BCUT2D eigenvalue weighted by molar-refractivity contribution is 5.92. The summed E-state index contributed by atoms with van der Waals surface area (Å²) in [5, 5.41) is 3.01. The predicted octanol–water partition coefficient (Wildman–Crippen LogP) is 0.420. The number of benzene rings is 1. The van der Waals surface area contributed by atoms with Crippen LogP contribution in [-0.2, 0) is 14.3 Å². The van der Waals surface area contributed by atoms with Crippen molar-refractivity contribution in [3.63, 3.8) is 0 Å². The summed E-state index contributed by atoms with van der Waals surface area (Å²) in [7, 11) is 0. The molecule has 2 aliphatic heterocycles. The number of piperazine rings is 1. The van der Waals surface area contributed by atoms with Crippen LogP contribution in [0.25, 0.3) is 0 Å². The number of hydrogen-bond donors (Lipinski definition) is 1. The molecule has 1 saturated carbocycles. The second-order valence-corrected chi connectivity index (χ2v) is 7.84. The molecular weight excluding hydrogens is 356 g/mol. The van der Waals surface area contributed by atoms with Gasteiger partial charge in [0.25, 0.3) is 0 Å². The molecular formula is C21H30N4O3. The van der Waals surface area contributed by atoms with Crippen LogP contribution in [0.15, 0.2) is 30.3 Å². The minimum Gasteiger partial charge on any atom is -0.379 e. The van der Waals surface area contributed by atoms with Gasteiger partial charge >= 0.3 is 0 Å². The van der Waals surface area contributed by atoms with Crippen LogP contribution in [0.2, 0.25) is 0 Å². The van der Waals surface area contributed by atoms with E-state index in [2.05, 4.69) is 27.2 Å². The van der Waals surface area contributed by atoms with E-state index in [4.69, 9.17) is 4.74 Å². The normalized spacial score (nSPS) is 25.4. The van der Waals surface area contributed by atoms with E-state index >= 15 is 0 Å². The zero-order chi connectivity index (χ0) is 19.3. The fourth-order valence-electron chi connectivity index (χ4n) is 4.11. The molecule has 2 amide bonds. The Morgan fingerprint density at radius 3 is 2.39 bits per heavy atom. The summed E-state index contributed by atoms with van der Waals surface area (Å²) in [5.74, 6) is -0.0634. The van der Waals surface area contributed by atoms with Gasteiger partial charge in [0.1, 0.15) is 0 Å². The lowest BCUT2D eigenvalue weighted by Gasteiger charge is -2.36. The highest BCUT2D eigenvalue weighted by atomic mass is 16.5. The minimum absolute atomic E-state index is 0.0366. The maximum atomic E-state index is 12.7. The molecule has 3 fully saturated rings. The van der Waals surface area contributed by atoms with Crippen molar-refractivity contribution in [1.29, 1.82) is 0 Å². The zero-order valence-corrected chi connectivity index (χ0v) is 16.4. The van der Waals surface area contributed by atoms with E-state index in [0.29, 0.717) is 13.0 Å². The first-order chi connectivity index (χ1) is 13.7. The van der Waals surface area contributed by atoms with Crippen LogP contribution in [0.4, 0.5) is 5.69 Å². The number of morpholine rings is 1. The number of hydrogen-bond acceptors (Lipinski definition) is 5. The number of ether oxygens (including phenoxy) is 1. The van der Waals surface area contributed by atoms with Gasteiger partial charge in [-0.3, -0.25) is 14.5 Å². The van der Waals surface area contributed by atoms with E-state index in [1.165, 1.54) is 5.69 Å². The number of nitrogens with zero attached hydrogens (tertiary/aromatic N) is 3.